The topological polar surface area (TPSA) is 81.6 Å². The van der Waals surface area contributed by atoms with Crippen molar-refractivity contribution in [3.63, 3.8) is 0 Å². The maximum absolute atomic E-state index is 10.6. The minimum atomic E-state index is -0.791. The van der Waals surface area contributed by atoms with Crippen LogP contribution in [-0.4, -0.2) is 47.5 Å². The molecule has 4 N–H and O–H groups in total. The van der Waals surface area contributed by atoms with Crippen LogP contribution in [0.2, 0.25) is 0 Å². The van der Waals surface area contributed by atoms with Gasteiger partial charge in [0.2, 0.25) is 5.91 Å². The maximum Gasteiger partial charge on any atom is 0.216 e. The van der Waals surface area contributed by atoms with E-state index in [9.17, 15) is 15.0 Å². The Morgan fingerprint density at radius 2 is 2.31 bits per heavy atom. The summed E-state index contributed by atoms with van der Waals surface area (Å²) >= 11 is 0. The number of hydrogen-bond acceptors (Lipinski definition) is 4. The van der Waals surface area contributed by atoms with E-state index in [1.807, 2.05) is 0 Å². The molecule has 3 unspecified atom stereocenters. The molecule has 1 amide bonds. The van der Waals surface area contributed by atoms with E-state index in [0.717, 1.165) is 0 Å². The van der Waals surface area contributed by atoms with Gasteiger partial charge in [0.15, 0.2) is 0 Å². The fourth-order valence-corrected chi connectivity index (χ4v) is 1.42. The second-order valence-corrected chi connectivity index (χ2v) is 3.34. The van der Waals surface area contributed by atoms with Gasteiger partial charge < -0.3 is 20.8 Å². The molecule has 1 fully saturated rings. The van der Waals surface area contributed by atoms with Crippen LogP contribution >= 0.6 is 0 Å². The standard InChI is InChI=1S/C8H16N2O3/c1-5(11)10-4-6-8(13)7(12)2-3-9-6/h6-9,12-13H,2-4H2,1H3,(H,10,11). The highest BCUT2D eigenvalue weighted by molar-refractivity contribution is 5.72. The molecular weight excluding hydrogens is 172 g/mol. The molecule has 0 spiro atoms. The number of aliphatic hydroxyl groups is 2. The van der Waals surface area contributed by atoms with Crippen molar-refractivity contribution in [2.45, 2.75) is 31.6 Å². The Balaban J connectivity index is 2.35. The lowest BCUT2D eigenvalue weighted by molar-refractivity contribution is -0.119. The lowest BCUT2D eigenvalue weighted by Gasteiger charge is -2.32. The van der Waals surface area contributed by atoms with Crippen LogP contribution in [0.25, 0.3) is 0 Å². The summed E-state index contributed by atoms with van der Waals surface area (Å²) in [4.78, 5) is 10.6. The Labute approximate surface area is 77.1 Å². The van der Waals surface area contributed by atoms with Gasteiger partial charge in [0.1, 0.15) is 0 Å². The molecule has 0 aromatic rings. The van der Waals surface area contributed by atoms with E-state index >= 15 is 0 Å². The Hall–Kier alpha value is -0.650. The molecule has 1 heterocycles. The van der Waals surface area contributed by atoms with Crippen LogP contribution in [-0.2, 0) is 4.79 Å². The summed E-state index contributed by atoms with van der Waals surface area (Å²) in [6.07, 6.45) is -0.918. The summed E-state index contributed by atoms with van der Waals surface area (Å²) in [5.41, 5.74) is 0. The van der Waals surface area contributed by atoms with Gasteiger partial charge in [0.05, 0.1) is 18.2 Å². The number of piperidine rings is 1. The molecule has 1 rings (SSSR count). The van der Waals surface area contributed by atoms with Crippen molar-refractivity contribution >= 4 is 5.91 Å². The first kappa shape index (κ1) is 10.4. The largest absolute Gasteiger partial charge is 0.390 e. The van der Waals surface area contributed by atoms with Crippen LogP contribution in [0, 0.1) is 0 Å². The second kappa shape index (κ2) is 4.55. The van der Waals surface area contributed by atoms with Crippen molar-refractivity contribution in [1.82, 2.24) is 10.6 Å². The normalized spacial score (nSPS) is 34.2. The van der Waals surface area contributed by atoms with Gasteiger partial charge in [-0.1, -0.05) is 0 Å². The average Bonchev–Trinajstić information content (AvgIpc) is 2.07. The number of carbonyl (C=O) groups is 1. The lowest BCUT2D eigenvalue weighted by Crippen LogP contribution is -2.56. The fraction of sp³-hybridized carbons (Fsp3) is 0.875. The quantitative estimate of drug-likeness (QED) is 0.412. The number of amides is 1. The summed E-state index contributed by atoms with van der Waals surface area (Å²) in [7, 11) is 0. The van der Waals surface area contributed by atoms with E-state index < -0.39 is 12.2 Å². The Kier molecular flexibility index (Phi) is 3.65. The molecule has 5 nitrogen and oxygen atoms in total. The molecule has 0 aromatic heterocycles. The molecule has 0 radical (unpaired) electrons. The van der Waals surface area contributed by atoms with E-state index in [1.54, 1.807) is 0 Å². The third kappa shape index (κ3) is 2.95. The van der Waals surface area contributed by atoms with Crippen LogP contribution in [0.3, 0.4) is 0 Å². The van der Waals surface area contributed by atoms with Gasteiger partial charge in [-0.3, -0.25) is 4.79 Å². The van der Waals surface area contributed by atoms with Crippen molar-refractivity contribution in [2.75, 3.05) is 13.1 Å². The van der Waals surface area contributed by atoms with Gasteiger partial charge in [0, 0.05) is 13.5 Å². The van der Waals surface area contributed by atoms with Crippen LogP contribution in [0.4, 0.5) is 0 Å². The third-order valence-corrected chi connectivity index (χ3v) is 2.22. The molecule has 1 saturated heterocycles. The maximum atomic E-state index is 10.6. The molecule has 0 aromatic carbocycles. The summed E-state index contributed by atoms with van der Waals surface area (Å²) in [5.74, 6) is -0.130. The lowest BCUT2D eigenvalue weighted by atomic mass is 9.98. The second-order valence-electron chi connectivity index (χ2n) is 3.34. The van der Waals surface area contributed by atoms with E-state index in [1.165, 1.54) is 6.92 Å². The summed E-state index contributed by atoms with van der Waals surface area (Å²) in [6, 6.07) is -0.243. The van der Waals surface area contributed by atoms with Crippen molar-refractivity contribution in [1.29, 1.82) is 0 Å². The van der Waals surface area contributed by atoms with E-state index in [2.05, 4.69) is 10.6 Å². The molecule has 5 heteroatoms. The zero-order valence-electron chi connectivity index (χ0n) is 7.66. The van der Waals surface area contributed by atoms with Gasteiger partial charge in [-0.25, -0.2) is 0 Å². The minimum Gasteiger partial charge on any atom is -0.390 e. The molecule has 3 atom stereocenters. The predicted octanol–water partition coefficient (Wildman–Crippen LogP) is -1.79. The van der Waals surface area contributed by atoms with E-state index in [-0.39, 0.29) is 11.9 Å². The first-order valence-corrected chi connectivity index (χ1v) is 4.45. The molecular formula is C8H16N2O3. The van der Waals surface area contributed by atoms with Gasteiger partial charge in [-0.05, 0) is 13.0 Å². The first-order chi connectivity index (χ1) is 6.11. The molecule has 0 saturated carbocycles. The highest BCUT2D eigenvalue weighted by atomic mass is 16.3. The minimum absolute atomic E-state index is 0.130. The average molecular weight is 188 g/mol. The number of rotatable bonds is 2. The summed E-state index contributed by atoms with van der Waals surface area (Å²) in [6.45, 7) is 2.45. The van der Waals surface area contributed by atoms with Gasteiger partial charge in [-0.15, -0.1) is 0 Å². The Morgan fingerprint density at radius 3 is 2.92 bits per heavy atom. The first-order valence-electron chi connectivity index (χ1n) is 4.45. The zero-order chi connectivity index (χ0) is 9.84. The zero-order valence-corrected chi connectivity index (χ0v) is 7.66. The third-order valence-electron chi connectivity index (χ3n) is 2.22. The molecule has 0 bridgehead atoms. The van der Waals surface area contributed by atoms with Crippen molar-refractivity contribution in [3.05, 3.63) is 0 Å². The van der Waals surface area contributed by atoms with Crippen molar-refractivity contribution in [3.8, 4) is 0 Å². The van der Waals surface area contributed by atoms with Crippen molar-refractivity contribution < 1.29 is 15.0 Å². The monoisotopic (exact) mass is 188 g/mol. The van der Waals surface area contributed by atoms with Crippen LogP contribution < -0.4 is 10.6 Å². The number of hydrogen-bond donors (Lipinski definition) is 4. The number of carbonyl (C=O) groups excluding carboxylic acids is 1. The summed E-state index contributed by atoms with van der Waals surface area (Å²) < 4.78 is 0. The molecule has 0 aliphatic carbocycles. The molecule has 76 valence electrons. The van der Waals surface area contributed by atoms with Crippen molar-refractivity contribution in [2.24, 2.45) is 0 Å². The molecule has 13 heavy (non-hydrogen) atoms. The van der Waals surface area contributed by atoms with Crippen LogP contribution in [0.15, 0.2) is 0 Å². The van der Waals surface area contributed by atoms with E-state index in [0.29, 0.717) is 19.5 Å². The Morgan fingerprint density at radius 1 is 1.62 bits per heavy atom. The van der Waals surface area contributed by atoms with Crippen LogP contribution in [0.5, 0.6) is 0 Å². The smallest absolute Gasteiger partial charge is 0.216 e. The van der Waals surface area contributed by atoms with Gasteiger partial charge in [0.25, 0.3) is 0 Å². The molecule has 1 aliphatic rings. The van der Waals surface area contributed by atoms with Crippen LogP contribution in [0.1, 0.15) is 13.3 Å². The summed E-state index contributed by atoms with van der Waals surface area (Å²) in [5, 5.41) is 24.4. The van der Waals surface area contributed by atoms with Gasteiger partial charge >= 0.3 is 0 Å². The highest BCUT2D eigenvalue weighted by Gasteiger charge is 2.29. The predicted molar refractivity (Wildman–Crippen MR) is 47.1 cm³/mol. The Bertz CT molecular complexity index is 186. The number of nitrogens with one attached hydrogen (secondary N) is 2. The fourth-order valence-electron chi connectivity index (χ4n) is 1.42. The molecule has 1 aliphatic heterocycles. The SMILES string of the molecule is CC(=O)NCC1NCCC(O)C1O. The highest BCUT2D eigenvalue weighted by Crippen LogP contribution is 2.08. The van der Waals surface area contributed by atoms with Gasteiger partial charge in [-0.2, -0.15) is 0 Å². The van der Waals surface area contributed by atoms with E-state index in [4.69, 9.17) is 0 Å². The number of aliphatic hydroxyl groups excluding tert-OH is 2.